The number of likely N-dealkylation sites (N-methyl/N-ethyl adjacent to an activating group) is 1. The number of para-hydroxylation sites is 1. The molecule has 2 aromatic rings. The molecule has 8 heteroatoms. The van der Waals surface area contributed by atoms with Crippen molar-refractivity contribution in [2.75, 3.05) is 18.9 Å². The van der Waals surface area contributed by atoms with E-state index in [1.807, 2.05) is 0 Å². The number of anilines is 1. The van der Waals surface area contributed by atoms with Crippen LogP contribution in [0.25, 0.3) is 0 Å². The van der Waals surface area contributed by atoms with E-state index in [-0.39, 0.29) is 12.5 Å². The number of amides is 2. The number of nitrogens with one attached hydrogen (secondary N) is 2. The fourth-order valence-electron chi connectivity index (χ4n) is 1.88. The third kappa shape index (κ3) is 4.31. The minimum absolute atomic E-state index is 0.163. The summed E-state index contributed by atoms with van der Waals surface area (Å²) in [6.07, 6.45) is 1.63. The van der Waals surface area contributed by atoms with Gasteiger partial charge in [-0.2, -0.15) is 0 Å². The van der Waals surface area contributed by atoms with Gasteiger partial charge in [-0.1, -0.05) is 41.5 Å². The minimum atomic E-state index is -0.415. The van der Waals surface area contributed by atoms with Gasteiger partial charge in [0, 0.05) is 13.2 Å². The van der Waals surface area contributed by atoms with Crippen molar-refractivity contribution in [1.29, 1.82) is 0 Å². The van der Waals surface area contributed by atoms with E-state index >= 15 is 0 Å². The number of carbonyl (C=O) groups excluding carboxylic acids is 2. The van der Waals surface area contributed by atoms with Crippen LogP contribution in [0.5, 0.6) is 0 Å². The number of halogens is 2. The first-order chi connectivity index (χ1) is 10.9. The number of H-pyrrole nitrogens is 1. The Kier molecular flexibility index (Phi) is 5.76. The van der Waals surface area contributed by atoms with Crippen LogP contribution in [0.1, 0.15) is 10.4 Å². The van der Waals surface area contributed by atoms with E-state index in [0.717, 1.165) is 0 Å². The summed E-state index contributed by atoms with van der Waals surface area (Å²) in [6, 6.07) is 8.16. The van der Waals surface area contributed by atoms with Crippen molar-refractivity contribution < 1.29 is 9.59 Å². The molecule has 0 unspecified atom stereocenters. The van der Waals surface area contributed by atoms with E-state index in [0.29, 0.717) is 25.9 Å². The topological polar surface area (TPSA) is 65.2 Å². The van der Waals surface area contributed by atoms with Crippen LogP contribution in [0, 0.1) is 4.64 Å². The maximum atomic E-state index is 12.3. The molecule has 1 aromatic carbocycles. The van der Waals surface area contributed by atoms with E-state index in [1.54, 1.807) is 36.5 Å². The lowest BCUT2D eigenvalue weighted by Crippen LogP contribution is -2.35. The molecule has 0 aliphatic heterocycles. The molecule has 0 saturated heterocycles. The Morgan fingerprint density at radius 2 is 1.87 bits per heavy atom. The monoisotopic (exact) mass is 369 g/mol. The summed E-state index contributed by atoms with van der Waals surface area (Å²) in [5.41, 5.74) is 0.646. The molecule has 1 aromatic heterocycles. The van der Waals surface area contributed by atoms with Crippen molar-refractivity contribution >= 4 is 52.9 Å². The summed E-state index contributed by atoms with van der Waals surface area (Å²) in [5, 5.41) is 3.25. The van der Waals surface area contributed by atoms with Gasteiger partial charge in [0.25, 0.3) is 5.91 Å². The van der Waals surface area contributed by atoms with Gasteiger partial charge in [-0.3, -0.25) is 9.59 Å². The highest BCUT2D eigenvalue weighted by Crippen LogP contribution is 2.29. The molecule has 0 atom stereocenters. The number of carbonyl (C=O) groups is 2. The molecular formula is C15H13Cl2N3O2S. The largest absolute Gasteiger partial charge is 0.352 e. The second-order valence-corrected chi connectivity index (χ2v) is 5.94. The standard InChI is InChI=1S/C15H13Cl2N3O2S/c1-20(15(22)9-4-3-7-18-14(9)23)8-12(21)19-13-10(16)5-2-6-11(13)17/h2-7H,8H2,1H3,(H,18,23)(H,19,21). The van der Waals surface area contributed by atoms with Gasteiger partial charge in [-0.25, -0.2) is 0 Å². The van der Waals surface area contributed by atoms with Crippen LogP contribution < -0.4 is 5.32 Å². The molecule has 0 spiro atoms. The van der Waals surface area contributed by atoms with E-state index in [4.69, 9.17) is 35.4 Å². The van der Waals surface area contributed by atoms with E-state index in [1.165, 1.54) is 11.9 Å². The molecule has 1 heterocycles. The normalized spacial score (nSPS) is 10.2. The Bertz CT molecular complexity index is 787. The van der Waals surface area contributed by atoms with Crippen LogP contribution in [0.3, 0.4) is 0 Å². The van der Waals surface area contributed by atoms with E-state index in [9.17, 15) is 9.59 Å². The number of pyridine rings is 1. The van der Waals surface area contributed by atoms with Gasteiger partial charge < -0.3 is 15.2 Å². The Hall–Kier alpha value is -1.89. The zero-order chi connectivity index (χ0) is 17.0. The number of hydrogen-bond acceptors (Lipinski definition) is 3. The van der Waals surface area contributed by atoms with E-state index in [2.05, 4.69) is 10.3 Å². The molecule has 23 heavy (non-hydrogen) atoms. The molecular weight excluding hydrogens is 357 g/mol. The lowest BCUT2D eigenvalue weighted by atomic mass is 10.2. The highest BCUT2D eigenvalue weighted by atomic mass is 35.5. The summed E-state index contributed by atoms with van der Waals surface area (Å²) < 4.78 is 0.318. The predicted octanol–water partition coefficient (Wildman–Crippen LogP) is 3.76. The van der Waals surface area contributed by atoms with Crippen molar-refractivity contribution in [2.24, 2.45) is 0 Å². The molecule has 0 fully saturated rings. The highest BCUT2D eigenvalue weighted by molar-refractivity contribution is 7.71. The van der Waals surface area contributed by atoms with Crippen LogP contribution >= 0.6 is 35.4 Å². The van der Waals surface area contributed by atoms with Crippen molar-refractivity contribution in [2.45, 2.75) is 0 Å². The van der Waals surface area contributed by atoms with Crippen LogP contribution in [0.4, 0.5) is 5.69 Å². The molecule has 2 N–H and O–H groups in total. The van der Waals surface area contributed by atoms with Crippen molar-refractivity contribution in [1.82, 2.24) is 9.88 Å². The quantitative estimate of drug-likeness (QED) is 0.806. The first kappa shape index (κ1) is 17.5. The number of aromatic nitrogens is 1. The lowest BCUT2D eigenvalue weighted by Gasteiger charge is -2.17. The number of aromatic amines is 1. The first-order valence-corrected chi connectivity index (χ1v) is 7.73. The van der Waals surface area contributed by atoms with Gasteiger partial charge in [-0.15, -0.1) is 0 Å². The summed E-state index contributed by atoms with van der Waals surface area (Å²) in [7, 11) is 1.51. The SMILES string of the molecule is CN(CC(=O)Nc1c(Cl)cccc1Cl)C(=O)c1ccc[nH]c1=S. The van der Waals surface area contributed by atoms with Gasteiger partial charge in [0.15, 0.2) is 0 Å². The first-order valence-electron chi connectivity index (χ1n) is 6.57. The fourth-order valence-corrected chi connectivity index (χ4v) is 2.59. The maximum absolute atomic E-state index is 12.3. The second-order valence-electron chi connectivity index (χ2n) is 4.72. The van der Waals surface area contributed by atoms with Gasteiger partial charge in [-0.05, 0) is 24.3 Å². The van der Waals surface area contributed by atoms with Crippen LogP contribution in [-0.2, 0) is 4.79 Å². The smallest absolute Gasteiger partial charge is 0.257 e. The summed E-state index contributed by atoms with van der Waals surface area (Å²) >= 11 is 17.0. The molecule has 5 nitrogen and oxygen atoms in total. The Labute approximate surface area is 148 Å². The summed E-state index contributed by atoms with van der Waals surface area (Å²) in [4.78, 5) is 28.4. The van der Waals surface area contributed by atoms with E-state index < -0.39 is 5.91 Å². The van der Waals surface area contributed by atoms with Gasteiger partial charge in [0.05, 0.1) is 27.8 Å². The fraction of sp³-hybridized carbons (Fsp3) is 0.133. The van der Waals surface area contributed by atoms with Gasteiger partial charge >= 0.3 is 0 Å². The summed E-state index contributed by atoms with van der Waals surface area (Å²) in [6.45, 7) is -0.163. The average Bonchev–Trinajstić information content (AvgIpc) is 2.51. The molecule has 0 saturated carbocycles. The molecule has 0 aliphatic rings. The third-order valence-electron chi connectivity index (χ3n) is 3.00. The molecule has 2 amide bonds. The minimum Gasteiger partial charge on any atom is -0.352 e. The lowest BCUT2D eigenvalue weighted by molar-refractivity contribution is -0.116. The van der Waals surface area contributed by atoms with Crippen LogP contribution in [-0.4, -0.2) is 35.3 Å². The zero-order valence-electron chi connectivity index (χ0n) is 12.1. The Balaban J connectivity index is 2.07. The van der Waals surface area contributed by atoms with Gasteiger partial charge in [0.1, 0.15) is 4.64 Å². The molecule has 0 aliphatic carbocycles. The maximum Gasteiger partial charge on any atom is 0.257 e. The Morgan fingerprint density at radius 3 is 2.48 bits per heavy atom. The molecule has 120 valence electrons. The Morgan fingerprint density at radius 1 is 1.22 bits per heavy atom. The number of nitrogens with zero attached hydrogens (tertiary/aromatic N) is 1. The predicted molar refractivity (Wildman–Crippen MR) is 93.7 cm³/mol. The highest BCUT2D eigenvalue weighted by Gasteiger charge is 2.17. The number of benzene rings is 1. The van der Waals surface area contributed by atoms with Crippen LogP contribution in [0.2, 0.25) is 10.0 Å². The zero-order valence-corrected chi connectivity index (χ0v) is 14.4. The molecule has 0 bridgehead atoms. The molecule has 0 radical (unpaired) electrons. The van der Waals surface area contributed by atoms with Crippen LogP contribution in [0.15, 0.2) is 36.5 Å². The third-order valence-corrected chi connectivity index (χ3v) is 3.97. The average molecular weight is 370 g/mol. The molecule has 2 rings (SSSR count). The van der Waals surface area contributed by atoms with Crippen molar-refractivity contribution in [3.63, 3.8) is 0 Å². The summed E-state index contributed by atoms with van der Waals surface area (Å²) in [5.74, 6) is -0.770. The van der Waals surface area contributed by atoms with Crippen molar-refractivity contribution in [3.8, 4) is 0 Å². The van der Waals surface area contributed by atoms with Crippen molar-refractivity contribution in [3.05, 3.63) is 56.8 Å². The number of hydrogen-bond donors (Lipinski definition) is 2. The second kappa shape index (κ2) is 7.59. The number of rotatable bonds is 4. The van der Waals surface area contributed by atoms with Gasteiger partial charge in [0.2, 0.25) is 5.91 Å².